The van der Waals surface area contributed by atoms with E-state index in [0.29, 0.717) is 6.42 Å². The van der Waals surface area contributed by atoms with Gasteiger partial charge in [-0.05, 0) is 30.7 Å². The van der Waals surface area contributed by atoms with Gasteiger partial charge in [0, 0.05) is 6.42 Å². The van der Waals surface area contributed by atoms with Crippen molar-refractivity contribution in [3.63, 3.8) is 0 Å². The maximum absolute atomic E-state index is 11.3. The fraction of sp³-hybridized carbons (Fsp3) is 0.462. The molecule has 0 aliphatic carbocycles. The SMILES string of the molecule is CCCCCC(=O)ONc1ccc(OC)cc1. The first kappa shape index (κ1) is 13.4. The lowest BCUT2D eigenvalue weighted by atomic mass is 10.2. The summed E-state index contributed by atoms with van der Waals surface area (Å²) >= 11 is 0. The van der Waals surface area contributed by atoms with Crippen LogP contribution >= 0.6 is 0 Å². The number of anilines is 1. The Morgan fingerprint density at radius 1 is 1.24 bits per heavy atom. The third-order valence-corrected chi connectivity index (χ3v) is 2.36. The molecule has 0 radical (unpaired) electrons. The van der Waals surface area contributed by atoms with Crippen molar-refractivity contribution in [1.82, 2.24) is 0 Å². The number of hydrogen-bond donors (Lipinski definition) is 1. The fourth-order valence-electron chi connectivity index (χ4n) is 1.35. The van der Waals surface area contributed by atoms with Crippen molar-refractivity contribution < 1.29 is 14.4 Å². The minimum absolute atomic E-state index is 0.228. The van der Waals surface area contributed by atoms with Gasteiger partial charge in [-0.25, -0.2) is 10.3 Å². The molecule has 94 valence electrons. The van der Waals surface area contributed by atoms with Crippen molar-refractivity contribution in [3.8, 4) is 5.75 Å². The smallest absolute Gasteiger partial charge is 0.332 e. The molecule has 17 heavy (non-hydrogen) atoms. The quantitative estimate of drug-likeness (QED) is 0.584. The second-order valence-corrected chi connectivity index (χ2v) is 3.76. The molecule has 1 N–H and O–H groups in total. The van der Waals surface area contributed by atoms with E-state index in [1.807, 2.05) is 0 Å². The van der Waals surface area contributed by atoms with Crippen molar-refractivity contribution in [2.45, 2.75) is 32.6 Å². The molecule has 1 aromatic rings. The van der Waals surface area contributed by atoms with E-state index >= 15 is 0 Å². The van der Waals surface area contributed by atoms with Crippen LogP contribution in [0.25, 0.3) is 0 Å². The number of carbonyl (C=O) groups is 1. The summed E-state index contributed by atoms with van der Waals surface area (Å²) in [6.07, 6.45) is 3.48. The lowest BCUT2D eigenvalue weighted by Crippen LogP contribution is -2.09. The molecular formula is C13H19NO3. The Hall–Kier alpha value is -1.71. The topological polar surface area (TPSA) is 47.6 Å². The molecule has 0 heterocycles. The van der Waals surface area contributed by atoms with Crippen LogP contribution in [0.5, 0.6) is 5.75 Å². The van der Waals surface area contributed by atoms with E-state index in [0.717, 1.165) is 30.7 Å². The molecule has 4 nitrogen and oxygen atoms in total. The van der Waals surface area contributed by atoms with Crippen LogP contribution in [0.1, 0.15) is 32.6 Å². The highest BCUT2D eigenvalue weighted by atomic mass is 16.7. The summed E-state index contributed by atoms with van der Waals surface area (Å²) in [4.78, 5) is 16.2. The molecule has 0 spiro atoms. The van der Waals surface area contributed by atoms with Crippen LogP contribution in [-0.2, 0) is 9.63 Å². The lowest BCUT2D eigenvalue weighted by molar-refractivity contribution is -0.140. The second-order valence-electron chi connectivity index (χ2n) is 3.76. The van der Waals surface area contributed by atoms with Crippen LogP contribution in [-0.4, -0.2) is 13.1 Å². The van der Waals surface area contributed by atoms with E-state index in [1.54, 1.807) is 31.4 Å². The van der Waals surface area contributed by atoms with E-state index in [2.05, 4.69) is 12.4 Å². The zero-order valence-corrected chi connectivity index (χ0v) is 10.4. The molecule has 0 atom stereocenters. The normalized spacial score (nSPS) is 9.76. The zero-order chi connectivity index (χ0) is 12.5. The highest BCUT2D eigenvalue weighted by Crippen LogP contribution is 2.15. The van der Waals surface area contributed by atoms with Crippen molar-refractivity contribution in [2.24, 2.45) is 0 Å². The molecule has 1 rings (SSSR count). The minimum Gasteiger partial charge on any atom is -0.497 e. The van der Waals surface area contributed by atoms with Crippen LogP contribution in [0.3, 0.4) is 0 Å². The minimum atomic E-state index is -0.228. The molecule has 0 bridgehead atoms. The first-order chi connectivity index (χ1) is 8.26. The Kier molecular flexibility index (Phi) is 5.93. The maximum Gasteiger partial charge on any atom is 0.332 e. The van der Waals surface area contributed by atoms with Crippen LogP contribution < -0.4 is 10.2 Å². The zero-order valence-electron chi connectivity index (χ0n) is 10.4. The van der Waals surface area contributed by atoms with Gasteiger partial charge >= 0.3 is 5.97 Å². The fourth-order valence-corrected chi connectivity index (χ4v) is 1.35. The Bertz CT molecular complexity index is 335. The van der Waals surface area contributed by atoms with Crippen LogP contribution in [0.2, 0.25) is 0 Å². The summed E-state index contributed by atoms with van der Waals surface area (Å²) in [6, 6.07) is 7.18. The maximum atomic E-state index is 11.3. The average molecular weight is 237 g/mol. The van der Waals surface area contributed by atoms with Gasteiger partial charge in [-0.15, -0.1) is 0 Å². The molecule has 1 aromatic carbocycles. The van der Waals surface area contributed by atoms with Gasteiger partial charge in [-0.3, -0.25) is 0 Å². The third-order valence-electron chi connectivity index (χ3n) is 2.36. The molecule has 0 aliphatic rings. The Labute approximate surface area is 102 Å². The summed E-state index contributed by atoms with van der Waals surface area (Å²) in [5.74, 6) is 0.541. The number of nitrogens with one attached hydrogen (secondary N) is 1. The van der Waals surface area contributed by atoms with Crippen molar-refractivity contribution >= 4 is 11.7 Å². The van der Waals surface area contributed by atoms with Crippen molar-refractivity contribution in [2.75, 3.05) is 12.6 Å². The Morgan fingerprint density at radius 2 is 1.94 bits per heavy atom. The number of carbonyl (C=O) groups excluding carboxylic acids is 1. The van der Waals surface area contributed by atoms with E-state index in [4.69, 9.17) is 9.57 Å². The largest absolute Gasteiger partial charge is 0.497 e. The molecule has 0 saturated heterocycles. The monoisotopic (exact) mass is 237 g/mol. The molecule has 0 saturated carbocycles. The highest BCUT2D eigenvalue weighted by Gasteiger charge is 2.02. The number of ether oxygens (including phenoxy) is 1. The van der Waals surface area contributed by atoms with Gasteiger partial charge in [0.05, 0.1) is 12.8 Å². The summed E-state index contributed by atoms with van der Waals surface area (Å²) in [5, 5.41) is 0. The van der Waals surface area contributed by atoms with Crippen LogP contribution in [0, 0.1) is 0 Å². The van der Waals surface area contributed by atoms with E-state index in [1.165, 1.54) is 0 Å². The van der Waals surface area contributed by atoms with Crippen LogP contribution in [0.15, 0.2) is 24.3 Å². The molecule has 0 unspecified atom stereocenters. The molecule has 4 heteroatoms. The van der Waals surface area contributed by atoms with Crippen molar-refractivity contribution in [3.05, 3.63) is 24.3 Å². The predicted octanol–water partition coefficient (Wildman–Crippen LogP) is 3.15. The van der Waals surface area contributed by atoms with Gasteiger partial charge in [0.25, 0.3) is 0 Å². The molecule has 0 amide bonds. The average Bonchev–Trinajstić information content (AvgIpc) is 2.37. The predicted molar refractivity (Wildman–Crippen MR) is 66.9 cm³/mol. The summed E-state index contributed by atoms with van der Waals surface area (Å²) in [5.41, 5.74) is 3.35. The van der Waals surface area contributed by atoms with Gasteiger partial charge in [0.15, 0.2) is 0 Å². The molecular weight excluding hydrogens is 218 g/mol. The summed E-state index contributed by atoms with van der Waals surface area (Å²) < 4.78 is 5.02. The first-order valence-corrected chi connectivity index (χ1v) is 5.86. The summed E-state index contributed by atoms with van der Waals surface area (Å²) in [7, 11) is 1.61. The Balaban J connectivity index is 2.27. The number of unbranched alkanes of at least 4 members (excludes halogenated alkanes) is 2. The standard InChI is InChI=1S/C13H19NO3/c1-3-4-5-6-13(15)17-14-11-7-9-12(16-2)10-8-11/h7-10,14H,3-6H2,1-2H3. The summed E-state index contributed by atoms with van der Waals surface area (Å²) in [6.45, 7) is 2.10. The van der Waals surface area contributed by atoms with Crippen LogP contribution in [0.4, 0.5) is 5.69 Å². The molecule has 0 aliphatic heterocycles. The van der Waals surface area contributed by atoms with Gasteiger partial charge in [-0.2, -0.15) is 0 Å². The second kappa shape index (κ2) is 7.54. The van der Waals surface area contributed by atoms with Gasteiger partial charge in [0.1, 0.15) is 5.75 Å². The van der Waals surface area contributed by atoms with E-state index in [9.17, 15) is 4.79 Å². The first-order valence-electron chi connectivity index (χ1n) is 5.86. The van der Waals surface area contributed by atoms with Gasteiger partial charge in [0.2, 0.25) is 0 Å². The third kappa shape index (κ3) is 5.24. The van der Waals surface area contributed by atoms with Gasteiger partial charge < -0.3 is 9.57 Å². The van der Waals surface area contributed by atoms with E-state index in [-0.39, 0.29) is 5.97 Å². The number of benzene rings is 1. The van der Waals surface area contributed by atoms with E-state index < -0.39 is 0 Å². The number of hydrogen-bond acceptors (Lipinski definition) is 4. The number of rotatable bonds is 7. The number of methoxy groups -OCH3 is 1. The van der Waals surface area contributed by atoms with Crippen molar-refractivity contribution in [1.29, 1.82) is 0 Å². The van der Waals surface area contributed by atoms with Gasteiger partial charge in [-0.1, -0.05) is 19.8 Å². The lowest BCUT2D eigenvalue weighted by Gasteiger charge is -2.07. The highest BCUT2D eigenvalue weighted by molar-refractivity contribution is 5.70. The molecule has 0 fully saturated rings. The molecule has 0 aromatic heterocycles. The Morgan fingerprint density at radius 3 is 2.53 bits per heavy atom.